The molecule has 0 atom stereocenters. The molecule has 0 aliphatic heterocycles. The molecule has 82 valence electrons. The molecule has 0 saturated heterocycles. The molecule has 15 heavy (non-hydrogen) atoms. The number of benzene rings is 1. The standard InChI is InChI=1S/C10H11FO4/c1-2-15-9-3-6(4-10(13)14)7(11)5-8(9)12/h3,5,12H,2,4H2,1H3,(H,13,14). The third-order valence-corrected chi connectivity index (χ3v) is 1.77. The number of aromatic hydroxyl groups is 1. The van der Waals surface area contributed by atoms with Crippen LogP contribution in [0.25, 0.3) is 0 Å². The molecule has 0 heterocycles. The van der Waals surface area contributed by atoms with Gasteiger partial charge in [0.2, 0.25) is 0 Å². The fourth-order valence-corrected chi connectivity index (χ4v) is 1.15. The van der Waals surface area contributed by atoms with E-state index in [1.54, 1.807) is 6.92 Å². The zero-order valence-corrected chi connectivity index (χ0v) is 8.16. The van der Waals surface area contributed by atoms with Crippen LogP contribution in [0.4, 0.5) is 4.39 Å². The van der Waals surface area contributed by atoms with Crippen LogP contribution in [0.3, 0.4) is 0 Å². The van der Waals surface area contributed by atoms with Crippen molar-refractivity contribution in [2.24, 2.45) is 0 Å². The Labute approximate surface area is 85.9 Å². The summed E-state index contributed by atoms with van der Waals surface area (Å²) in [5.41, 5.74) is -0.0104. The van der Waals surface area contributed by atoms with Crippen LogP contribution in [-0.2, 0) is 11.2 Å². The van der Waals surface area contributed by atoms with Crippen LogP contribution < -0.4 is 4.74 Å². The number of halogens is 1. The van der Waals surface area contributed by atoms with Gasteiger partial charge >= 0.3 is 5.97 Å². The van der Waals surface area contributed by atoms with Crippen LogP contribution in [-0.4, -0.2) is 22.8 Å². The largest absolute Gasteiger partial charge is 0.504 e. The van der Waals surface area contributed by atoms with Crippen molar-refractivity contribution in [3.8, 4) is 11.5 Å². The van der Waals surface area contributed by atoms with Gasteiger partial charge in [0.1, 0.15) is 5.82 Å². The maximum Gasteiger partial charge on any atom is 0.307 e. The van der Waals surface area contributed by atoms with Gasteiger partial charge in [-0.05, 0) is 13.0 Å². The molecule has 0 amide bonds. The number of rotatable bonds is 4. The Kier molecular flexibility index (Phi) is 3.49. The molecule has 0 aliphatic rings. The third kappa shape index (κ3) is 2.83. The van der Waals surface area contributed by atoms with Crippen LogP contribution in [0.5, 0.6) is 11.5 Å². The minimum atomic E-state index is -1.14. The average molecular weight is 214 g/mol. The number of carboxylic acids is 1. The molecule has 1 aromatic carbocycles. The Balaban J connectivity index is 3.05. The Morgan fingerprint density at radius 1 is 1.53 bits per heavy atom. The number of ether oxygens (including phenoxy) is 1. The molecule has 0 aliphatic carbocycles. The monoisotopic (exact) mass is 214 g/mol. The van der Waals surface area contributed by atoms with Gasteiger partial charge < -0.3 is 14.9 Å². The lowest BCUT2D eigenvalue weighted by atomic mass is 10.1. The quantitative estimate of drug-likeness (QED) is 0.798. The molecule has 2 N–H and O–H groups in total. The first-order chi connectivity index (χ1) is 7.04. The molecular weight excluding hydrogens is 203 g/mol. The van der Waals surface area contributed by atoms with E-state index >= 15 is 0 Å². The van der Waals surface area contributed by atoms with Gasteiger partial charge in [0.25, 0.3) is 0 Å². The summed E-state index contributed by atoms with van der Waals surface area (Å²) in [6, 6.07) is 2.05. The Morgan fingerprint density at radius 3 is 2.73 bits per heavy atom. The zero-order valence-electron chi connectivity index (χ0n) is 8.16. The first-order valence-corrected chi connectivity index (χ1v) is 4.40. The normalized spacial score (nSPS) is 10.0. The second-order valence-electron chi connectivity index (χ2n) is 2.91. The van der Waals surface area contributed by atoms with E-state index < -0.39 is 18.2 Å². The first-order valence-electron chi connectivity index (χ1n) is 4.40. The highest BCUT2D eigenvalue weighted by Gasteiger charge is 2.12. The number of phenolic OH excluding ortho intramolecular Hbond substituents is 1. The fourth-order valence-electron chi connectivity index (χ4n) is 1.15. The second-order valence-corrected chi connectivity index (χ2v) is 2.91. The Bertz CT molecular complexity index is 376. The van der Waals surface area contributed by atoms with E-state index in [1.165, 1.54) is 6.07 Å². The third-order valence-electron chi connectivity index (χ3n) is 1.77. The average Bonchev–Trinajstić information content (AvgIpc) is 2.12. The Hall–Kier alpha value is -1.78. The summed E-state index contributed by atoms with van der Waals surface area (Å²) in [5, 5.41) is 17.8. The molecule has 5 heteroatoms. The molecule has 0 spiro atoms. The molecule has 0 bridgehead atoms. The fraction of sp³-hybridized carbons (Fsp3) is 0.300. The lowest BCUT2D eigenvalue weighted by Crippen LogP contribution is -2.03. The highest BCUT2D eigenvalue weighted by molar-refractivity contribution is 5.70. The van der Waals surface area contributed by atoms with Gasteiger partial charge in [0.05, 0.1) is 13.0 Å². The van der Waals surface area contributed by atoms with E-state index in [9.17, 15) is 14.3 Å². The number of carboxylic acid groups (broad SMARTS) is 1. The summed E-state index contributed by atoms with van der Waals surface area (Å²) in [5.74, 6) is -2.13. The van der Waals surface area contributed by atoms with Crippen molar-refractivity contribution in [1.29, 1.82) is 0 Å². The van der Waals surface area contributed by atoms with E-state index in [0.29, 0.717) is 6.61 Å². The van der Waals surface area contributed by atoms with Gasteiger partial charge in [-0.2, -0.15) is 0 Å². The van der Waals surface area contributed by atoms with Gasteiger partial charge in [-0.1, -0.05) is 0 Å². The molecule has 0 saturated carbocycles. The maximum absolute atomic E-state index is 13.2. The van der Waals surface area contributed by atoms with Crippen LogP contribution in [0.15, 0.2) is 12.1 Å². The molecule has 4 nitrogen and oxygen atoms in total. The van der Waals surface area contributed by atoms with E-state index in [1.807, 2.05) is 0 Å². The zero-order chi connectivity index (χ0) is 11.4. The number of hydrogen-bond acceptors (Lipinski definition) is 3. The van der Waals surface area contributed by atoms with Crippen molar-refractivity contribution >= 4 is 5.97 Å². The van der Waals surface area contributed by atoms with E-state index in [-0.39, 0.29) is 17.1 Å². The summed E-state index contributed by atoms with van der Waals surface area (Å²) in [6.07, 6.45) is -0.438. The summed E-state index contributed by atoms with van der Waals surface area (Å²) < 4.78 is 18.2. The highest BCUT2D eigenvalue weighted by Crippen LogP contribution is 2.29. The lowest BCUT2D eigenvalue weighted by Gasteiger charge is -2.08. The van der Waals surface area contributed by atoms with Crippen molar-refractivity contribution in [2.45, 2.75) is 13.3 Å². The molecular formula is C10H11FO4. The first kappa shape index (κ1) is 11.3. The van der Waals surface area contributed by atoms with Crippen molar-refractivity contribution in [3.05, 3.63) is 23.5 Å². The minimum absolute atomic E-state index is 0.0104. The SMILES string of the molecule is CCOc1cc(CC(=O)O)c(F)cc1O. The van der Waals surface area contributed by atoms with Gasteiger partial charge in [-0.3, -0.25) is 4.79 Å². The van der Waals surface area contributed by atoms with Gasteiger partial charge in [-0.25, -0.2) is 4.39 Å². The van der Waals surface area contributed by atoms with Crippen LogP contribution in [0, 0.1) is 5.82 Å². The summed E-state index contributed by atoms with van der Waals surface area (Å²) in [6.45, 7) is 2.02. The van der Waals surface area contributed by atoms with Crippen molar-refractivity contribution in [3.63, 3.8) is 0 Å². The molecule has 0 unspecified atom stereocenters. The predicted octanol–water partition coefficient (Wildman–Crippen LogP) is 1.56. The number of hydrogen-bond donors (Lipinski definition) is 2. The van der Waals surface area contributed by atoms with E-state index in [0.717, 1.165) is 6.07 Å². The summed E-state index contributed by atoms with van der Waals surface area (Å²) in [7, 11) is 0. The molecule has 0 radical (unpaired) electrons. The molecule has 1 aromatic rings. The van der Waals surface area contributed by atoms with E-state index in [2.05, 4.69) is 0 Å². The summed E-state index contributed by atoms with van der Waals surface area (Å²) in [4.78, 5) is 10.4. The van der Waals surface area contributed by atoms with Crippen molar-refractivity contribution in [2.75, 3.05) is 6.61 Å². The smallest absolute Gasteiger partial charge is 0.307 e. The van der Waals surface area contributed by atoms with Crippen LogP contribution in [0.2, 0.25) is 0 Å². The lowest BCUT2D eigenvalue weighted by molar-refractivity contribution is -0.136. The Morgan fingerprint density at radius 2 is 2.20 bits per heavy atom. The predicted molar refractivity (Wildman–Crippen MR) is 50.6 cm³/mol. The number of aliphatic carboxylic acids is 1. The van der Waals surface area contributed by atoms with Gasteiger partial charge in [0.15, 0.2) is 11.5 Å². The van der Waals surface area contributed by atoms with Crippen LogP contribution >= 0.6 is 0 Å². The van der Waals surface area contributed by atoms with Crippen molar-refractivity contribution < 1.29 is 24.1 Å². The number of phenols is 1. The second kappa shape index (κ2) is 4.63. The topological polar surface area (TPSA) is 66.8 Å². The maximum atomic E-state index is 13.2. The van der Waals surface area contributed by atoms with E-state index in [4.69, 9.17) is 9.84 Å². The van der Waals surface area contributed by atoms with Gasteiger partial charge in [0, 0.05) is 11.6 Å². The van der Waals surface area contributed by atoms with Crippen LogP contribution in [0.1, 0.15) is 12.5 Å². The van der Waals surface area contributed by atoms with Crippen molar-refractivity contribution in [1.82, 2.24) is 0 Å². The molecule has 1 rings (SSSR count). The number of carbonyl (C=O) groups is 1. The molecule has 0 fully saturated rings. The van der Waals surface area contributed by atoms with Gasteiger partial charge in [-0.15, -0.1) is 0 Å². The highest BCUT2D eigenvalue weighted by atomic mass is 19.1. The molecule has 0 aromatic heterocycles. The minimum Gasteiger partial charge on any atom is -0.504 e. The summed E-state index contributed by atoms with van der Waals surface area (Å²) >= 11 is 0.